The van der Waals surface area contributed by atoms with Crippen molar-refractivity contribution in [3.05, 3.63) is 71.9 Å². The third kappa shape index (κ3) is 4.72. The van der Waals surface area contributed by atoms with Crippen LogP contribution >= 0.6 is 0 Å². The maximum absolute atomic E-state index is 14.0. The predicted molar refractivity (Wildman–Crippen MR) is 161 cm³/mol. The zero-order valence-electron chi connectivity index (χ0n) is 23.6. The van der Waals surface area contributed by atoms with Gasteiger partial charge in [0.2, 0.25) is 5.91 Å². The minimum atomic E-state index is 0.108. The van der Waals surface area contributed by atoms with E-state index in [-0.39, 0.29) is 11.8 Å². The molecule has 2 amide bonds. The highest BCUT2D eigenvalue weighted by Gasteiger charge is 2.37. The van der Waals surface area contributed by atoms with E-state index in [9.17, 15) is 9.59 Å². The van der Waals surface area contributed by atoms with Gasteiger partial charge in [0.05, 0.1) is 11.5 Å². The summed E-state index contributed by atoms with van der Waals surface area (Å²) < 4.78 is 0. The van der Waals surface area contributed by atoms with Gasteiger partial charge in [-0.25, -0.2) is 0 Å². The summed E-state index contributed by atoms with van der Waals surface area (Å²) in [5, 5.41) is 4.32. The average molecular weight is 536 g/mol. The Morgan fingerprint density at radius 1 is 0.725 bits per heavy atom. The molecule has 2 unspecified atom stereocenters. The quantitative estimate of drug-likeness (QED) is 0.354. The minimum Gasteiger partial charge on any atom is -0.338 e. The standard InChI is InChI=1S/C35H41N3O2/c39-34(38-20-8-12-25-9-3-6-16-32(25)38)28-13-7-19-37(24-28)29-17-21-36(22-18-29)35(40)33-30-14-4-1-10-26(30)23-27-11-2-5-15-31(27)33/h1-2,4-5,10-11,14-16,23,25,28-29H,3,6-9,12-13,17-22,24H2. The third-order valence-electron chi connectivity index (χ3n) is 10.1. The Morgan fingerprint density at radius 2 is 1.40 bits per heavy atom. The van der Waals surface area contributed by atoms with Crippen LogP contribution in [0.5, 0.6) is 0 Å². The summed E-state index contributed by atoms with van der Waals surface area (Å²) in [7, 11) is 0. The number of fused-ring (bicyclic) bond motifs is 3. The molecule has 3 aromatic carbocycles. The molecule has 5 heteroatoms. The summed E-state index contributed by atoms with van der Waals surface area (Å²) in [6.07, 6.45) is 12.4. The number of carbonyl (C=O) groups is 2. The average Bonchev–Trinajstić information content (AvgIpc) is 3.03. The van der Waals surface area contributed by atoms with Gasteiger partial charge in [0.15, 0.2) is 0 Å². The van der Waals surface area contributed by atoms with Crippen LogP contribution in [0.1, 0.15) is 68.1 Å². The fraction of sp³-hybridized carbons (Fsp3) is 0.486. The van der Waals surface area contributed by atoms with Crippen LogP contribution in [0.15, 0.2) is 66.4 Å². The van der Waals surface area contributed by atoms with E-state index in [2.05, 4.69) is 51.1 Å². The number of carbonyl (C=O) groups excluding carboxylic acids is 2. The smallest absolute Gasteiger partial charge is 0.255 e. The number of likely N-dealkylation sites (tertiary alicyclic amines) is 3. The van der Waals surface area contributed by atoms with Gasteiger partial charge in [-0.15, -0.1) is 0 Å². The molecule has 4 aliphatic rings. The molecule has 0 spiro atoms. The van der Waals surface area contributed by atoms with Gasteiger partial charge in [-0.3, -0.25) is 14.5 Å². The predicted octanol–water partition coefficient (Wildman–Crippen LogP) is 6.62. The molecule has 0 radical (unpaired) electrons. The van der Waals surface area contributed by atoms with Crippen molar-refractivity contribution in [2.75, 3.05) is 32.7 Å². The van der Waals surface area contributed by atoms with Gasteiger partial charge in [-0.05, 0) is 97.9 Å². The van der Waals surface area contributed by atoms with Crippen LogP contribution in [0.2, 0.25) is 0 Å². The van der Waals surface area contributed by atoms with Crippen LogP contribution < -0.4 is 0 Å². The highest BCUT2D eigenvalue weighted by molar-refractivity contribution is 6.18. The molecule has 2 atom stereocenters. The molecule has 208 valence electrons. The monoisotopic (exact) mass is 535 g/mol. The van der Waals surface area contributed by atoms with Crippen LogP contribution in [0.25, 0.3) is 21.5 Å². The first-order valence-corrected chi connectivity index (χ1v) is 15.6. The maximum atomic E-state index is 14.0. The number of hydrogen-bond acceptors (Lipinski definition) is 3. The van der Waals surface area contributed by atoms with Crippen LogP contribution in [-0.2, 0) is 4.79 Å². The molecule has 3 aliphatic heterocycles. The normalized spacial score (nSPS) is 24.6. The highest BCUT2D eigenvalue weighted by atomic mass is 16.2. The number of hydrogen-bond donors (Lipinski definition) is 0. The van der Waals surface area contributed by atoms with Crippen molar-refractivity contribution in [1.29, 1.82) is 0 Å². The zero-order valence-corrected chi connectivity index (χ0v) is 23.6. The Kier molecular flexibility index (Phi) is 7.09. The Labute approximate surface area is 237 Å². The van der Waals surface area contributed by atoms with E-state index in [1.165, 1.54) is 25.0 Å². The van der Waals surface area contributed by atoms with Crippen molar-refractivity contribution in [1.82, 2.24) is 14.7 Å². The van der Waals surface area contributed by atoms with E-state index in [0.717, 1.165) is 98.4 Å². The molecule has 40 heavy (non-hydrogen) atoms. The molecule has 3 heterocycles. The summed E-state index contributed by atoms with van der Waals surface area (Å²) in [4.78, 5) is 34.6. The largest absolute Gasteiger partial charge is 0.338 e. The molecular formula is C35H41N3O2. The molecule has 3 fully saturated rings. The first kappa shape index (κ1) is 25.8. The summed E-state index contributed by atoms with van der Waals surface area (Å²) in [6, 6.07) is 19.2. The lowest BCUT2D eigenvalue weighted by Gasteiger charge is -2.44. The number of benzene rings is 3. The van der Waals surface area contributed by atoms with Crippen molar-refractivity contribution in [2.45, 2.75) is 63.8 Å². The van der Waals surface area contributed by atoms with Crippen LogP contribution in [0.4, 0.5) is 0 Å². The molecule has 0 bridgehead atoms. The lowest BCUT2D eigenvalue weighted by Crippen LogP contribution is -2.52. The van der Waals surface area contributed by atoms with E-state index < -0.39 is 0 Å². The maximum Gasteiger partial charge on any atom is 0.255 e. The van der Waals surface area contributed by atoms with Crippen molar-refractivity contribution >= 4 is 33.4 Å². The Morgan fingerprint density at radius 3 is 2.15 bits per heavy atom. The first-order valence-electron chi connectivity index (χ1n) is 15.6. The molecule has 0 aromatic heterocycles. The fourth-order valence-electron chi connectivity index (χ4n) is 8.01. The second-order valence-electron chi connectivity index (χ2n) is 12.4. The molecule has 3 aromatic rings. The van der Waals surface area contributed by atoms with E-state index in [0.29, 0.717) is 17.9 Å². The van der Waals surface area contributed by atoms with E-state index >= 15 is 0 Å². The van der Waals surface area contributed by atoms with Gasteiger partial charge < -0.3 is 9.80 Å². The highest BCUT2D eigenvalue weighted by Crippen LogP contribution is 2.37. The van der Waals surface area contributed by atoms with Crippen LogP contribution in [-0.4, -0.2) is 65.3 Å². The van der Waals surface area contributed by atoms with Crippen molar-refractivity contribution in [3.63, 3.8) is 0 Å². The first-order chi connectivity index (χ1) is 19.7. The summed E-state index contributed by atoms with van der Waals surface area (Å²) in [5.74, 6) is 1.24. The molecule has 0 saturated carbocycles. The SMILES string of the molecule is O=C(c1c2ccccc2cc2ccccc12)N1CCC(N2CCCC(C(=O)N3CCCC4CCCC=C43)C2)CC1. The molecule has 0 N–H and O–H groups in total. The molecule has 7 rings (SSSR count). The number of allylic oxidation sites excluding steroid dienone is 2. The molecular weight excluding hydrogens is 494 g/mol. The lowest BCUT2D eigenvalue weighted by molar-refractivity contribution is -0.137. The van der Waals surface area contributed by atoms with Gasteiger partial charge in [-0.1, -0.05) is 54.6 Å². The third-order valence-corrected chi connectivity index (χ3v) is 10.1. The Hall–Kier alpha value is -3.18. The van der Waals surface area contributed by atoms with Gasteiger partial charge in [0, 0.05) is 37.9 Å². The summed E-state index contributed by atoms with van der Waals surface area (Å²) in [5.41, 5.74) is 2.18. The summed E-state index contributed by atoms with van der Waals surface area (Å²) in [6.45, 7) is 4.40. The van der Waals surface area contributed by atoms with Gasteiger partial charge in [0.25, 0.3) is 5.91 Å². The van der Waals surface area contributed by atoms with Gasteiger partial charge in [0.1, 0.15) is 0 Å². The van der Waals surface area contributed by atoms with Crippen molar-refractivity contribution < 1.29 is 9.59 Å². The number of piperidine rings is 3. The molecule has 3 saturated heterocycles. The number of nitrogens with zero attached hydrogens (tertiary/aromatic N) is 3. The molecule has 5 nitrogen and oxygen atoms in total. The number of rotatable bonds is 3. The lowest BCUT2D eigenvalue weighted by atomic mass is 9.83. The fourth-order valence-corrected chi connectivity index (χ4v) is 8.01. The van der Waals surface area contributed by atoms with E-state index in [1.807, 2.05) is 24.3 Å². The second kappa shape index (κ2) is 11.0. The summed E-state index contributed by atoms with van der Waals surface area (Å²) >= 11 is 0. The van der Waals surface area contributed by atoms with Crippen molar-refractivity contribution in [2.24, 2.45) is 11.8 Å². The Balaban J connectivity index is 1.03. The number of amides is 2. The van der Waals surface area contributed by atoms with Gasteiger partial charge >= 0.3 is 0 Å². The van der Waals surface area contributed by atoms with Crippen LogP contribution in [0.3, 0.4) is 0 Å². The van der Waals surface area contributed by atoms with Gasteiger partial charge in [-0.2, -0.15) is 0 Å². The van der Waals surface area contributed by atoms with Crippen molar-refractivity contribution in [3.8, 4) is 0 Å². The second-order valence-corrected chi connectivity index (χ2v) is 12.4. The van der Waals surface area contributed by atoms with E-state index in [1.54, 1.807) is 0 Å². The van der Waals surface area contributed by atoms with E-state index in [4.69, 9.17) is 0 Å². The topological polar surface area (TPSA) is 43.9 Å². The minimum absolute atomic E-state index is 0.108. The Bertz CT molecular complexity index is 1400. The van der Waals surface area contributed by atoms with Crippen LogP contribution in [0, 0.1) is 11.8 Å². The molecule has 1 aliphatic carbocycles. The zero-order chi connectivity index (χ0) is 27.1.